The average Bonchev–Trinajstić information content (AvgIpc) is 2.85. The monoisotopic (exact) mass is 331 g/mol. The van der Waals surface area contributed by atoms with Crippen molar-refractivity contribution < 1.29 is 26.6 Å². The van der Waals surface area contributed by atoms with Crippen LogP contribution in [0.25, 0.3) is 0 Å². The predicted octanol–water partition coefficient (Wildman–Crippen LogP) is 1.15. The molecule has 1 fully saturated rings. The molecule has 8 heteroatoms. The van der Waals surface area contributed by atoms with Crippen molar-refractivity contribution >= 4 is 16.1 Å². The maximum absolute atomic E-state index is 13.0. The molecule has 22 heavy (non-hydrogen) atoms. The molecule has 1 amide bonds. The van der Waals surface area contributed by atoms with Gasteiger partial charge in [-0.05, 0) is 18.1 Å². The highest BCUT2D eigenvalue weighted by Gasteiger charge is 2.38. The zero-order chi connectivity index (χ0) is 16.3. The van der Waals surface area contributed by atoms with Crippen LogP contribution in [0.1, 0.15) is 12.0 Å². The fraction of sp³-hybridized carbons (Fsp3) is 0.500. The molecular formula is C14H18FNO5S. The number of hydrogen-bond donors (Lipinski definition) is 0. The second-order valence-corrected chi connectivity index (χ2v) is 6.66. The number of nitrogens with zero attached hydrogens (tertiary/aromatic N) is 1. The minimum atomic E-state index is -4.68. The van der Waals surface area contributed by atoms with E-state index >= 15 is 0 Å². The van der Waals surface area contributed by atoms with E-state index in [1.807, 2.05) is 6.07 Å². The van der Waals surface area contributed by atoms with E-state index in [1.54, 1.807) is 12.1 Å². The van der Waals surface area contributed by atoms with Crippen LogP contribution in [0.5, 0.6) is 11.5 Å². The first-order valence-corrected chi connectivity index (χ1v) is 8.22. The lowest BCUT2D eigenvalue weighted by Crippen LogP contribution is -2.29. The molecule has 122 valence electrons. The minimum absolute atomic E-state index is 0.107. The summed E-state index contributed by atoms with van der Waals surface area (Å²) in [6.07, 6.45) is 0.166. The third-order valence-electron chi connectivity index (χ3n) is 3.71. The zero-order valence-corrected chi connectivity index (χ0v) is 13.2. The number of likely N-dealkylation sites (tertiary alicyclic amines) is 1. The lowest BCUT2D eigenvalue weighted by molar-refractivity contribution is -0.127. The number of para-hydroxylation sites is 1. The van der Waals surface area contributed by atoms with Crippen LogP contribution in [-0.2, 0) is 21.4 Å². The molecule has 1 heterocycles. The molecule has 0 spiro atoms. The number of carbonyl (C=O) groups excluding carboxylic acids is 1. The number of rotatable bonds is 6. The molecule has 1 unspecified atom stereocenters. The Morgan fingerprint density at radius 1 is 1.32 bits per heavy atom. The van der Waals surface area contributed by atoms with Gasteiger partial charge in [0.1, 0.15) is 5.25 Å². The Bertz CT molecular complexity index is 661. The van der Waals surface area contributed by atoms with E-state index in [-0.39, 0.29) is 18.9 Å². The van der Waals surface area contributed by atoms with Crippen LogP contribution in [0.4, 0.5) is 3.89 Å². The van der Waals surface area contributed by atoms with Crippen molar-refractivity contribution in [1.29, 1.82) is 0 Å². The van der Waals surface area contributed by atoms with Gasteiger partial charge in [-0.2, -0.15) is 8.42 Å². The van der Waals surface area contributed by atoms with Gasteiger partial charge in [0.2, 0.25) is 5.91 Å². The van der Waals surface area contributed by atoms with Crippen LogP contribution >= 0.6 is 0 Å². The lowest BCUT2D eigenvalue weighted by atomic mass is 10.1. The van der Waals surface area contributed by atoms with Crippen molar-refractivity contribution in [1.82, 2.24) is 4.90 Å². The van der Waals surface area contributed by atoms with Gasteiger partial charge in [0, 0.05) is 19.5 Å². The van der Waals surface area contributed by atoms with Crippen LogP contribution in [0, 0.1) is 0 Å². The van der Waals surface area contributed by atoms with E-state index in [0.717, 1.165) is 5.56 Å². The molecule has 1 aliphatic heterocycles. The molecule has 0 saturated carbocycles. The summed E-state index contributed by atoms with van der Waals surface area (Å²) in [6.45, 7) is 0.193. The Morgan fingerprint density at radius 3 is 2.59 bits per heavy atom. The number of ether oxygens (including phenoxy) is 2. The van der Waals surface area contributed by atoms with Crippen LogP contribution in [0.2, 0.25) is 0 Å². The van der Waals surface area contributed by atoms with E-state index in [0.29, 0.717) is 24.5 Å². The van der Waals surface area contributed by atoms with Crippen molar-refractivity contribution in [2.45, 2.75) is 18.1 Å². The van der Waals surface area contributed by atoms with E-state index in [2.05, 4.69) is 0 Å². The van der Waals surface area contributed by atoms with Gasteiger partial charge in [-0.25, -0.2) is 0 Å². The number of hydrogen-bond acceptors (Lipinski definition) is 5. The molecule has 1 atom stereocenters. The Kier molecular flexibility index (Phi) is 4.90. The standard InChI is InChI=1S/C14H18FNO5S/c1-20-12-5-3-4-10(14(12)21-2)6-7-16-9-11(8-13(16)17)22(15,18)19/h3-5,11H,6-9H2,1-2H3. The summed E-state index contributed by atoms with van der Waals surface area (Å²) in [4.78, 5) is 13.1. The van der Waals surface area contributed by atoms with Gasteiger partial charge in [-0.15, -0.1) is 3.89 Å². The second-order valence-electron chi connectivity index (χ2n) is 5.04. The first-order valence-electron chi connectivity index (χ1n) is 6.78. The summed E-state index contributed by atoms with van der Waals surface area (Å²) in [5.74, 6) is 0.802. The Morgan fingerprint density at radius 2 is 2.05 bits per heavy atom. The number of carbonyl (C=O) groups is 1. The third kappa shape index (κ3) is 3.49. The maximum Gasteiger partial charge on any atom is 0.307 e. The highest BCUT2D eigenvalue weighted by Crippen LogP contribution is 2.31. The smallest absolute Gasteiger partial charge is 0.307 e. The fourth-order valence-electron chi connectivity index (χ4n) is 2.55. The molecule has 1 aromatic rings. The summed E-state index contributed by atoms with van der Waals surface area (Å²) in [7, 11) is -1.63. The SMILES string of the molecule is COc1cccc(CCN2CC(S(=O)(=O)F)CC2=O)c1OC. The molecule has 0 N–H and O–H groups in total. The van der Waals surface area contributed by atoms with Gasteiger partial charge >= 0.3 is 10.2 Å². The molecule has 0 radical (unpaired) electrons. The number of methoxy groups -OCH3 is 2. The summed E-state index contributed by atoms with van der Waals surface area (Å²) >= 11 is 0. The minimum Gasteiger partial charge on any atom is -0.493 e. The Hall–Kier alpha value is -1.83. The largest absolute Gasteiger partial charge is 0.493 e. The van der Waals surface area contributed by atoms with E-state index in [1.165, 1.54) is 19.1 Å². The first-order chi connectivity index (χ1) is 10.4. The second kappa shape index (κ2) is 6.51. The molecule has 2 rings (SSSR count). The van der Waals surface area contributed by atoms with Crippen molar-refractivity contribution in [3.63, 3.8) is 0 Å². The lowest BCUT2D eigenvalue weighted by Gasteiger charge is -2.18. The zero-order valence-electron chi connectivity index (χ0n) is 12.4. The van der Waals surface area contributed by atoms with Gasteiger partial charge in [0.05, 0.1) is 14.2 Å². The summed E-state index contributed by atoms with van der Waals surface area (Å²) in [5, 5.41) is -1.26. The maximum atomic E-state index is 13.0. The highest BCUT2D eigenvalue weighted by molar-refractivity contribution is 7.87. The Labute approximate surface area is 129 Å². The van der Waals surface area contributed by atoms with Gasteiger partial charge < -0.3 is 14.4 Å². The van der Waals surface area contributed by atoms with E-state index < -0.39 is 15.5 Å². The average molecular weight is 331 g/mol. The van der Waals surface area contributed by atoms with Gasteiger partial charge in [-0.1, -0.05) is 12.1 Å². The van der Waals surface area contributed by atoms with Gasteiger partial charge in [0.15, 0.2) is 11.5 Å². The Balaban J connectivity index is 2.07. The molecule has 0 bridgehead atoms. The predicted molar refractivity (Wildman–Crippen MR) is 78.3 cm³/mol. The molecular weight excluding hydrogens is 313 g/mol. The molecule has 0 aromatic heterocycles. The van der Waals surface area contributed by atoms with Crippen LogP contribution in [-0.4, -0.2) is 51.8 Å². The van der Waals surface area contributed by atoms with E-state index in [9.17, 15) is 17.1 Å². The fourth-order valence-corrected chi connectivity index (χ4v) is 3.25. The van der Waals surface area contributed by atoms with Crippen molar-refractivity contribution in [3.05, 3.63) is 23.8 Å². The first kappa shape index (κ1) is 16.5. The van der Waals surface area contributed by atoms with Crippen LogP contribution in [0.15, 0.2) is 18.2 Å². The van der Waals surface area contributed by atoms with E-state index in [4.69, 9.17) is 9.47 Å². The quantitative estimate of drug-likeness (QED) is 0.731. The number of benzene rings is 1. The molecule has 1 saturated heterocycles. The third-order valence-corrected chi connectivity index (χ3v) is 4.82. The summed E-state index contributed by atoms with van der Waals surface area (Å²) in [5.41, 5.74) is 0.834. The van der Waals surface area contributed by atoms with Crippen molar-refractivity contribution in [2.75, 3.05) is 27.3 Å². The van der Waals surface area contributed by atoms with Crippen molar-refractivity contribution in [3.8, 4) is 11.5 Å². The van der Waals surface area contributed by atoms with Crippen molar-refractivity contribution in [2.24, 2.45) is 0 Å². The molecule has 6 nitrogen and oxygen atoms in total. The normalized spacial score (nSPS) is 18.6. The molecule has 1 aliphatic rings. The summed E-state index contributed by atoms with van der Waals surface area (Å²) in [6, 6.07) is 5.40. The topological polar surface area (TPSA) is 72.9 Å². The highest BCUT2D eigenvalue weighted by atomic mass is 32.3. The number of halogens is 1. The molecule has 1 aromatic carbocycles. The van der Waals surface area contributed by atoms with Gasteiger partial charge in [0.25, 0.3) is 0 Å². The summed E-state index contributed by atoms with van der Waals surface area (Å²) < 4.78 is 45.3. The van der Waals surface area contributed by atoms with Gasteiger partial charge in [-0.3, -0.25) is 4.79 Å². The molecule has 0 aliphatic carbocycles. The van der Waals surface area contributed by atoms with Crippen LogP contribution in [0.3, 0.4) is 0 Å². The number of amides is 1. The van der Waals surface area contributed by atoms with Crippen LogP contribution < -0.4 is 9.47 Å².